The van der Waals surface area contributed by atoms with Crippen molar-refractivity contribution < 1.29 is 14.3 Å². The molecular formula is C28H36N6O3. The molecule has 1 N–H and O–H groups in total. The molecule has 3 fully saturated rings. The number of rotatable bonds is 6. The molecule has 3 aliphatic heterocycles. The molecule has 0 radical (unpaired) electrons. The molecule has 4 aliphatic rings. The van der Waals surface area contributed by atoms with Crippen molar-refractivity contribution in [3.63, 3.8) is 0 Å². The number of nitrogens with one attached hydrogen (secondary N) is 1. The van der Waals surface area contributed by atoms with Gasteiger partial charge in [0.05, 0.1) is 18.1 Å². The smallest absolute Gasteiger partial charge is 0.236 e. The fourth-order valence-corrected chi connectivity index (χ4v) is 6.37. The van der Waals surface area contributed by atoms with E-state index in [1.54, 1.807) is 24.4 Å². The number of likely N-dealkylation sites (N-methyl/N-ethyl adjacent to an activating group) is 1. The summed E-state index contributed by atoms with van der Waals surface area (Å²) in [5.41, 5.74) is 0.767. The number of likely N-dealkylation sites (tertiary alicyclic amines) is 1. The van der Waals surface area contributed by atoms with E-state index in [-0.39, 0.29) is 24.2 Å². The predicted molar refractivity (Wildman–Crippen MR) is 138 cm³/mol. The molecule has 2 atom stereocenters. The molecule has 1 aromatic rings. The molecule has 4 heterocycles. The Morgan fingerprint density at radius 1 is 1.22 bits per heavy atom. The van der Waals surface area contributed by atoms with E-state index in [0.717, 1.165) is 44.7 Å². The second kappa shape index (κ2) is 10.6. The van der Waals surface area contributed by atoms with Crippen LogP contribution < -0.4 is 10.1 Å². The lowest BCUT2D eigenvalue weighted by Crippen LogP contribution is -2.53. The second-order valence-electron chi connectivity index (χ2n) is 10.5. The lowest BCUT2D eigenvalue weighted by atomic mass is 9.65. The first-order valence-corrected chi connectivity index (χ1v) is 13.4. The summed E-state index contributed by atoms with van der Waals surface area (Å²) in [5, 5.41) is 12.6. The number of piperidine rings is 1. The van der Waals surface area contributed by atoms with E-state index < -0.39 is 5.41 Å². The van der Waals surface area contributed by atoms with Crippen molar-refractivity contribution >= 4 is 11.8 Å². The van der Waals surface area contributed by atoms with Crippen molar-refractivity contribution in [2.24, 2.45) is 5.92 Å². The average molecular weight is 505 g/mol. The number of carbonyl (C=O) groups excluding carboxylic acids is 2. The summed E-state index contributed by atoms with van der Waals surface area (Å²) in [7, 11) is 2.16. The summed E-state index contributed by atoms with van der Waals surface area (Å²) in [4.78, 5) is 38.9. The molecular weight excluding hydrogens is 468 g/mol. The Balaban J connectivity index is 1.40. The lowest BCUT2D eigenvalue weighted by Gasteiger charge is -2.43. The molecule has 9 heteroatoms. The summed E-state index contributed by atoms with van der Waals surface area (Å²) in [6, 6.07) is 6.37. The van der Waals surface area contributed by atoms with E-state index in [9.17, 15) is 14.9 Å². The van der Waals surface area contributed by atoms with Crippen LogP contribution in [0.25, 0.3) is 0 Å². The highest BCUT2D eigenvalue weighted by Crippen LogP contribution is 2.50. The van der Waals surface area contributed by atoms with Crippen LogP contribution in [0.3, 0.4) is 0 Å². The number of aromatic nitrogens is 1. The van der Waals surface area contributed by atoms with E-state index in [2.05, 4.69) is 33.2 Å². The summed E-state index contributed by atoms with van der Waals surface area (Å²) < 4.78 is 5.85. The number of fused-ring (bicyclic) bond motifs is 1. The molecule has 2 unspecified atom stereocenters. The van der Waals surface area contributed by atoms with Gasteiger partial charge in [-0.05, 0) is 51.5 Å². The third-order valence-electron chi connectivity index (χ3n) is 8.50. The fourth-order valence-electron chi connectivity index (χ4n) is 6.37. The van der Waals surface area contributed by atoms with Crippen molar-refractivity contribution in [3.8, 4) is 11.9 Å². The molecule has 0 bridgehead atoms. The topological polar surface area (TPSA) is 102 Å². The quantitative estimate of drug-likeness (QED) is 0.631. The summed E-state index contributed by atoms with van der Waals surface area (Å²) in [6.45, 7) is 7.96. The lowest BCUT2D eigenvalue weighted by molar-refractivity contribution is -0.138. The van der Waals surface area contributed by atoms with Gasteiger partial charge in [0.2, 0.25) is 17.7 Å². The molecule has 9 nitrogen and oxygen atoms in total. The van der Waals surface area contributed by atoms with Gasteiger partial charge < -0.3 is 19.9 Å². The minimum absolute atomic E-state index is 0.0183. The van der Waals surface area contributed by atoms with Gasteiger partial charge in [-0.3, -0.25) is 14.5 Å². The number of ether oxygens (including phenoxy) is 1. The van der Waals surface area contributed by atoms with E-state index >= 15 is 0 Å². The minimum atomic E-state index is -1.19. The summed E-state index contributed by atoms with van der Waals surface area (Å²) >= 11 is 0. The van der Waals surface area contributed by atoms with Crippen molar-refractivity contribution in [1.29, 1.82) is 5.26 Å². The van der Waals surface area contributed by atoms with Gasteiger partial charge in [0, 0.05) is 80.7 Å². The van der Waals surface area contributed by atoms with Crippen LogP contribution in [0.2, 0.25) is 0 Å². The number of allylic oxidation sites excluding steroid dienone is 4. The number of carbonyl (C=O) groups is 2. The van der Waals surface area contributed by atoms with Crippen molar-refractivity contribution in [1.82, 2.24) is 25.0 Å². The second-order valence-corrected chi connectivity index (χ2v) is 10.5. The van der Waals surface area contributed by atoms with Crippen LogP contribution in [0.15, 0.2) is 41.8 Å². The van der Waals surface area contributed by atoms with Crippen molar-refractivity contribution in [2.45, 2.75) is 44.1 Å². The third-order valence-corrected chi connectivity index (χ3v) is 8.50. The number of nitrogens with zero attached hydrogens (tertiary/aromatic N) is 5. The van der Waals surface area contributed by atoms with Gasteiger partial charge in [-0.2, -0.15) is 5.26 Å². The number of piperazine rings is 1. The standard InChI is InChI=1S/C28H36N6O3/c1-3-37-26-22(5-4-10-30-26)28(23-17-20(19-29)6-7-24(23)31-27(28)36)18-25(35)34-11-8-21(9-12-34)33-15-13-32(2)14-16-33/h4-7,10,21,23H,3,8-9,11-18H2,1-2H3,(H,31,36). The SMILES string of the molecule is CCOc1ncccc1C1(CC(=O)N2CCC(N3CCN(C)CC3)CC2)C(=O)NC2=CC=C(C#N)CC21. The van der Waals surface area contributed by atoms with Gasteiger partial charge >= 0.3 is 0 Å². The van der Waals surface area contributed by atoms with Gasteiger partial charge in [0.1, 0.15) is 0 Å². The Bertz CT molecular complexity index is 1140. The van der Waals surface area contributed by atoms with E-state index in [0.29, 0.717) is 49.2 Å². The highest BCUT2D eigenvalue weighted by molar-refractivity contribution is 5.98. The van der Waals surface area contributed by atoms with Crippen LogP contribution in [0, 0.1) is 17.2 Å². The monoisotopic (exact) mass is 504 g/mol. The van der Waals surface area contributed by atoms with Crippen LogP contribution in [0.4, 0.5) is 0 Å². The predicted octanol–water partition coefficient (Wildman–Crippen LogP) is 1.83. The van der Waals surface area contributed by atoms with Crippen LogP contribution in [-0.4, -0.2) is 90.5 Å². The Labute approximate surface area is 218 Å². The van der Waals surface area contributed by atoms with Crippen molar-refractivity contribution in [2.75, 3.05) is 52.9 Å². The van der Waals surface area contributed by atoms with Gasteiger partial charge in [-0.25, -0.2) is 4.98 Å². The first-order valence-electron chi connectivity index (χ1n) is 13.4. The van der Waals surface area contributed by atoms with Gasteiger partial charge in [0.15, 0.2) is 0 Å². The van der Waals surface area contributed by atoms with Gasteiger partial charge in [-0.15, -0.1) is 0 Å². The van der Waals surface area contributed by atoms with E-state index in [4.69, 9.17) is 4.74 Å². The molecule has 1 aromatic heterocycles. The zero-order chi connectivity index (χ0) is 26.0. The Hall–Kier alpha value is -3.22. The van der Waals surface area contributed by atoms with E-state index in [1.807, 2.05) is 17.9 Å². The Morgan fingerprint density at radius 3 is 2.68 bits per heavy atom. The molecule has 3 saturated heterocycles. The fraction of sp³-hybridized carbons (Fsp3) is 0.571. The maximum absolute atomic E-state index is 13.9. The largest absolute Gasteiger partial charge is 0.478 e. The number of nitriles is 1. The molecule has 0 saturated carbocycles. The molecule has 196 valence electrons. The van der Waals surface area contributed by atoms with Crippen LogP contribution in [-0.2, 0) is 15.0 Å². The zero-order valence-electron chi connectivity index (χ0n) is 21.8. The highest BCUT2D eigenvalue weighted by atomic mass is 16.5. The first kappa shape index (κ1) is 25.4. The molecule has 0 spiro atoms. The molecule has 37 heavy (non-hydrogen) atoms. The van der Waals surface area contributed by atoms with Crippen LogP contribution in [0.1, 0.15) is 38.2 Å². The Morgan fingerprint density at radius 2 is 1.97 bits per heavy atom. The van der Waals surface area contributed by atoms with Gasteiger partial charge in [-0.1, -0.05) is 6.07 Å². The van der Waals surface area contributed by atoms with Crippen LogP contribution >= 0.6 is 0 Å². The number of pyridine rings is 1. The van der Waals surface area contributed by atoms with Crippen molar-refractivity contribution in [3.05, 3.63) is 47.3 Å². The zero-order valence-corrected chi connectivity index (χ0v) is 21.8. The molecule has 0 aromatic carbocycles. The molecule has 2 amide bonds. The first-order chi connectivity index (χ1) is 18.0. The Kier molecular flexibility index (Phi) is 7.31. The normalized spacial score (nSPS) is 27.1. The maximum atomic E-state index is 13.9. The number of hydrogen-bond donors (Lipinski definition) is 1. The van der Waals surface area contributed by atoms with E-state index in [1.165, 1.54) is 0 Å². The minimum Gasteiger partial charge on any atom is -0.478 e. The molecule has 5 rings (SSSR count). The highest BCUT2D eigenvalue weighted by Gasteiger charge is 2.57. The number of amides is 2. The van der Waals surface area contributed by atoms with Gasteiger partial charge in [0.25, 0.3) is 0 Å². The van der Waals surface area contributed by atoms with Crippen LogP contribution in [0.5, 0.6) is 5.88 Å². The molecule has 1 aliphatic carbocycles. The summed E-state index contributed by atoms with van der Waals surface area (Å²) in [6.07, 6.45) is 7.49. The third kappa shape index (κ3) is 4.76. The average Bonchev–Trinajstić information content (AvgIpc) is 3.20. The summed E-state index contributed by atoms with van der Waals surface area (Å²) in [5.74, 6) is -0.246. The number of hydrogen-bond acceptors (Lipinski definition) is 7. The maximum Gasteiger partial charge on any atom is 0.236 e.